The Morgan fingerprint density at radius 2 is 2.00 bits per heavy atom. The molecule has 10 heteroatoms. The lowest BCUT2D eigenvalue weighted by Gasteiger charge is -2.11. The van der Waals surface area contributed by atoms with Gasteiger partial charge in [0.25, 0.3) is 0 Å². The zero-order valence-electron chi connectivity index (χ0n) is 15.0. The first-order chi connectivity index (χ1) is 13.5. The molecule has 2 heterocycles. The number of benzene rings is 1. The maximum Gasteiger partial charge on any atom is 0.250 e. The van der Waals surface area contributed by atoms with Gasteiger partial charge in [-0.3, -0.25) is 15.5 Å². The van der Waals surface area contributed by atoms with Crippen LogP contribution in [0.1, 0.15) is 11.6 Å². The average Bonchev–Trinajstić information content (AvgIpc) is 3.28. The average molecular weight is 434 g/mol. The minimum atomic E-state index is -0.390. The lowest BCUT2D eigenvalue weighted by atomic mass is 10.2. The molecule has 28 heavy (non-hydrogen) atoms. The molecule has 0 aliphatic rings. The van der Waals surface area contributed by atoms with Gasteiger partial charge in [-0.15, -0.1) is 10.2 Å². The molecule has 0 atom stereocenters. The predicted molar refractivity (Wildman–Crippen MR) is 115 cm³/mol. The summed E-state index contributed by atoms with van der Waals surface area (Å²) in [5.41, 5.74) is 3.77. The van der Waals surface area contributed by atoms with Crippen LogP contribution in [0.15, 0.2) is 52.0 Å². The third kappa shape index (κ3) is 5.00. The van der Waals surface area contributed by atoms with Crippen molar-refractivity contribution in [1.82, 2.24) is 20.2 Å². The Bertz CT molecular complexity index is 1030. The molecule has 0 spiro atoms. The standard InChI is InChI=1S/C18H16ClN5O2S2/c1-11-21-22-18(28-2)24(11)23-17(27)20-16(25)10-8-14-7-9-15(26-14)12-3-5-13(19)6-4-12/h3-10H,1-2H3,(H2,20,23,25,27)/b10-8+. The number of nitrogens with zero attached hydrogens (tertiary/aromatic N) is 3. The molecular weight excluding hydrogens is 418 g/mol. The molecule has 0 bridgehead atoms. The van der Waals surface area contributed by atoms with Crippen LogP contribution in [-0.2, 0) is 4.79 Å². The minimum absolute atomic E-state index is 0.133. The van der Waals surface area contributed by atoms with Crippen molar-refractivity contribution in [1.29, 1.82) is 0 Å². The Morgan fingerprint density at radius 1 is 1.25 bits per heavy atom. The van der Waals surface area contributed by atoms with E-state index in [-0.39, 0.29) is 5.11 Å². The van der Waals surface area contributed by atoms with Gasteiger partial charge in [0.1, 0.15) is 17.3 Å². The largest absolute Gasteiger partial charge is 0.457 e. The predicted octanol–water partition coefficient (Wildman–Crippen LogP) is 3.88. The quantitative estimate of drug-likeness (QED) is 0.358. The summed E-state index contributed by atoms with van der Waals surface area (Å²) in [6, 6.07) is 10.9. The van der Waals surface area contributed by atoms with Gasteiger partial charge in [0.05, 0.1) is 0 Å². The Balaban J connectivity index is 1.58. The van der Waals surface area contributed by atoms with Crippen LogP contribution < -0.4 is 10.7 Å². The second-order valence-electron chi connectivity index (χ2n) is 5.54. The fraction of sp³-hybridized carbons (Fsp3) is 0.111. The second-order valence-corrected chi connectivity index (χ2v) is 7.16. The molecular formula is C18H16ClN5O2S2. The van der Waals surface area contributed by atoms with Gasteiger partial charge in [0, 0.05) is 16.7 Å². The third-order valence-electron chi connectivity index (χ3n) is 3.58. The zero-order valence-corrected chi connectivity index (χ0v) is 17.4. The SMILES string of the molecule is CSc1nnc(C)n1NC(=S)NC(=O)/C=C/c1ccc(-c2ccc(Cl)cc2)o1. The van der Waals surface area contributed by atoms with Crippen LogP contribution in [0.3, 0.4) is 0 Å². The Kier molecular flexibility index (Phi) is 6.50. The summed E-state index contributed by atoms with van der Waals surface area (Å²) in [6.45, 7) is 1.78. The molecule has 0 radical (unpaired) electrons. The Labute approximate surface area is 176 Å². The van der Waals surface area contributed by atoms with Crippen molar-refractivity contribution in [2.75, 3.05) is 11.7 Å². The first kappa shape index (κ1) is 20.1. The monoisotopic (exact) mass is 433 g/mol. The Morgan fingerprint density at radius 3 is 2.71 bits per heavy atom. The molecule has 0 saturated heterocycles. The van der Waals surface area contributed by atoms with Gasteiger partial charge in [-0.2, -0.15) is 0 Å². The van der Waals surface area contributed by atoms with E-state index in [1.165, 1.54) is 17.8 Å². The molecule has 0 aliphatic heterocycles. The zero-order chi connectivity index (χ0) is 20.1. The number of aryl methyl sites for hydroxylation is 1. The van der Waals surface area contributed by atoms with Crippen LogP contribution in [0, 0.1) is 6.92 Å². The molecule has 144 valence electrons. The maximum absolute atomic E-state index is 12.1. The molecule has 0 saturated carbocycles. The number of thioether (sulfide) groups is 1. The number of carbonyl (C=O) groups excluding carboxylic acids is 1. The second kappa shape index (κ2) is 9.05. The van der Waals surface area contributed by atoms with E-state index in [1.54, 1.807) is 35.9 Å². The van der Waals surface area contributed by atoms with Crippen molar-refractivity contribution >= 4 is 52.7 Å². The van der Waals surface area contributed by atoms with E-state index in [1.807, 2.05) is 24.5 Å². The summed E-state index contributed by atoms with van der Waals surface area (Å²) < 4.78 is 7.31. The van der Waals surface area contributed by atoms with Crippen LogP contribution in [0.2, 0.25) is 5.02 Å². The molecule has 0 aliphatic carbocycles. The highest BCUT2D eigenvalue weighted by Gasteiger charge is 2.10. The molecule has 2 N–H and O–H groups in total. The van der Waals surface area contributed by atoms with Crippen molar-refractivity contribution in [3.63, 3.8) is 0 Å². The van der Waals surface area contributed by atoms with E-state index in [0.29, 0.717) is 27.5 Å². The van der Waals surface area contributed by atoms with Gasteiger partial charge in [-0.25, -0.2) is 4.68 Å². The number of nitrogens with one attached hydrogen (secondary N) is 2. The van der Waals surface area contributed by atoms with E-state index in [0.717, 1.165) is 5.56 Å². The fourth-order valence-corrected chi connectivity index (χ4v) is 3.06. The van der Waals surface area contributed by atoms with Crippen LogP contribution in [0.5, 0.6) is 0 Å². The summed E-state index contributed by atoms with van der Waals surface area (Å²) in [5.74, 6) is 1.46. The highest BCUT2D eigenvalue weighted by molar-refractivity contribution is 7.98. The fourth-order valence-electron chi connectivity index (χ4n) is 2.26. The molecule has 3 rings (SSSR count). The summed E-state index contributed by atoms with van der Waals surface area (Å²) in [7, 11) is 0. The van der Waals surface area contributed by atoms with Crippen LogP contribution in [-0.4, -0.2) is 32.1 Å². The van der Waals surface area contributed by atoms with Gasteiger partial charge >= 0.3 is 0 Å². The van der Waals surface area contributed by atoms with Gasteiger partial charge in [-0.1, -0.05) is 23.4 Å². The number of thiocarbonyl (C=S) groups is 1. The Hall–Kier alpha value is -2.62. The van der Waals surface area contributed by atoms with Crippen LogP contribution in [0.25, 0.3) is 17.4 Å². The van der Waals surface area contributed by atoms with Crippen molar-refractivity contribution in [2.45, 2.75) is 12.1 Å². The molecule has 0 fully saturated rings. The minimum Gasteiger partial charge on any atom is -0.457 e. The van der Waals surface area contributed by atoms with Gasteiger partial charge in [0.15, 0.2) is 5.11 Å². The summed E-state index contributed by atoms with van der Waals surface area (Å²) in [5, 5.41) is 11.9. The first-order valence-corrected chi connectivity index (χ1v) is 10.1. The molecule has 1 amide bonds. The summed E-state index contributed by atoms with van der Waals surface area (Å²) in [6.07, 6.45) is 4.77. The van der Waals surface area contributed by atoms with E-state index >= 15 is 0 Å². The molecule has 2 aromatic heterocycles. The number of rotatable bonds is 5. The number of amides is 1. The molecule has 0 unspecified atom stereocenters. The number of hydrogen-bond donors (Lipinski definition) is 2. The number of hydrogen-bond acceptors (Lipinski definition) is 6. The highest BCUT2D eigenvalue weighted by Crippen LogP contribution is 2.24. The van der Waals surface area contributed by atoms with E-state index < -0.39 is 5.91 Å². The van der Waals surface area contributed by atoms with Crippen molar-refractivity contribution in [2.24, 2.45) is 0 Å². The highest BCUT2D eigenvalue weighted by atomic mass is 35.5. The number of furan rings is 1. The molecule has 1 aromatic carbocycles. The maximum atomic E-state index is 12.1. The summed E-state index contributed by atoms with van der Waals surface area (Å²) in [4.78, 5) is 12.1. The lowest BCUT2D eigenvalue weighted by molar-refractivity contribution is -0.115. The molecule has 3 aromatic rings. The third-order valence-corrected chi connectivity index (χ3v) is 4.66. The van der Waals surface area contributed by atoms with E-state index in [2.05, 4.69) is 20.9 Å². The topological polar surface area (TPSA) is 85.0 Å². The molecule has 7 nitrogen and oxygen atoms in total. The van der Waals surface area contributed by atoms with Crippen LogP contribution >= 0.6 is 35.6 Å². The number of halogens is 1. The van der Waals surface area contributed by atoms with Crippen LogP contribution in [0.4, 0.5) is 0 Å². The van der Waals surface area contributed by atoms with E-state index in [4.69, 9.17) is 28.2 Å². The first-order valence-electron chi connectivity index (χ1n) is 8.08. The number of carbonyl (C=O) groups is 1. The summed E-state index contributed by atoms with van der Waals surface area (Å²) >= 11 is 12.5. The lowest BCUT2D eigenvalue weighted by Crippen LogP contribution is -2.37. The van der Waals surface area contributed by atoms with Gasteiger partial charge in [0.2, 0.25) is 11.1 Å². The van der Waals surface area contributed by atoms with Gasteiger partial charge < -0.3 is 4.42 Å². The number of aromatic nitrogens is 3. The van der Waals surface area contributed by atoms with Crippen molar-refractivity contribution in [3.05, 3.63) is 59.1 Å². The smallest absolute Gasteiger partial charge is 0.250 e. The van der Waals surface area contributed by atoms with Gasteiger partial charge in [-0.05, 0) is 67.9 Å². The van der Waals surface area contributed by atoms with E-state index in [9.17, 15) is 4.79 Å². The van der Waals surface area contributed by atoms with Crippen molar-refractivity contribution in [3.8, 4) is 11.3 Å². The normalized spacial score (nSPS) is 11.0. The van der Waals surface area contributed by atoms with Crippen molar-refractivity contribution < 1.29 is 9.21 Å².